The van der Waals surface area contributed by atoms with Crippen molar-refractivity contribution in [2.75, 3.05) is 5.32 Å². The van der Waals surface area contributed by atoms with Crippen LogP contribution in [0.15, 0.2) is 36.4 Å². The van der Waals surface area contributed by atoms with Crippen molar-refractivity contribution in [1.29, 1.82) is 0 Å². The van der Waals surface area contributed by atoms with Crippen molar-refractivity contribution < 1.29 is 14.5 Å². The molecule has 0 bridgehead atoms. The molecule has 0 aliphatic heterocycles. The van der Waals surface area contributed by atoms with Gasteiger partial charge < -0.3 is 10.1 Å². The summed E-state index contributed by atoms with van der Waals surface area (Å²) in [6, 6.07) is 8.37. The number of nitrogens with one attached hydrogen (secondary N) is 1. The van der Waals surface area contributed by atoms with E-state index in [-0.39, 0.29) is 22.1 Å². The molecule has 0 aromatic heterocycles. The Balaban J connectivity index is 2.09. The maximum absolute atomic E-state index is 12.2. The highest BCUT2D eigenvalue weighted by Crippen LogP contribution is 2.29. The number of ether oxygens (including phenoxy) is 1. The lowest BCUT2D eigenvalue weighted by Gasteiger charge is -2.16. The topological polar surface area (TPSA) is 81.5 Å². The van der Waals surface area contributed by atoms with Gasteiger partial charge in [-0.05, 0) is 25.1 Å². The Morgan fingerprint density at radius 3 is 2.50 bits per heavy atom. The predicted molar refractivity (Wildman–Crippen MR) is 93.3 cm³/mol. The van der Waals surface area contributed by atoms with E-state index in [1.165, 1.54) is 25.1 Å². The van der Waals surface area contributed by atoms with E-state index in [0.717, 1.165) is 6.07 Å². The third-order valence-corrected chi connectivity index (χ3v) is 3.85. The van der Waals surface area contributed by atoms with Crippen molar-refractivity contribution in [3.05, 3.63) is 61.6 Å². The van der Waals surface area contributed by atoms with E-state index in [1.807, 2.05) is 0 Å². The van der Waals surface area contributed by atoms with Crippen LogP contribution in [0.3, 0.4) is 0 Å². The van der Waals surface area contributed by atoms with E-state index in [9.17, 15) is 14.9 Å². The van der Waals surface area contributed by atoms with Crippen molar-refractivity contribution in [1.82, 2.24) is 0 Å². The Morgan fingerprint density at radius 2 is 1.88 bits per heavy atom. The van der Waals surface area contributed by atoms with Gasteiger partial charge in [-0.25, -0.2) is 0 Å². The third kappa shape index (κ3) is 4.50. The van der Waals surface area contributed by atoms with E-state index in [4.69, 9.17) is 39.5 Å². The SMILES string of the molecule is CC(Oc1cc(Cl)ccc1Cl)C(=O)Nc1ccc([N+](=O)[O-])cc1Cl. The van der Waals surface area contributed by atoms with Gasteiger partial charge in [-0.2, -0.15) is 0 Å². The molecule has 0 radical (unpaired) electrons. The van der Waals surface area contributed by atoms with Gasteiger partial charge in [0.1, 0.15) is 5.75 Å². The molecule has 1 N–H and O–H groups in total. The maximum Gasteiger partial charge on any atom is 0.271 e. The van der Waals surface area contributed by atoms with Crippen LogP contribution in [-0.2, 0) is 4.79 Å². The molecule has 126 valence electrons. The number of rotatable bonds is 5. The lowest BCUT2D eigenvalue weighted by atomic mass is 10.2. The van der Waals surface area contributed by atoms with Crippen molar-refractivity contribution in [2.45, 2.75) is 13.0 Å². The Labute approximate surface area is 152 Å². The molecular weight excluding hydrogens is 379 g/mol. The van der Waals surface area contributed by atoms with Gasteiger partial charge >= 0.3 is 0 Å². The molecule has 0 saturated carbocycles. The van der Waals surface area contributed by atoms with E-state index >= 15 is 0 Å². The van der Waals surface area contributed by atoms with Crippen LogP contribution in [-0.4, -0.2) is 16.9 Å². The number of hydrogen-bond acceptors (Lipinski definition) is 4. The van der Waals surface area contributed by atoms with Crippen LogP contribution in [0, 0.1) is 10.1 Å². The van der Waals surface area contributed by atoms with Crippen LogP contribution in [0.25, 0.3) is 0 Å². The second-order valence-electron chi connectivity index (χ2n) is 4.75. The van der Waals surface area contributed by atoms with Gasteiger partial charge in [0.25, 0.3) is 11.6 Å². The van der Waals surface area contributed by atoms with Crippen LogP contribution in [0.2, 0.25) is 15.1 Å². The molecule has 9 heteroatoms. The molecule has 0 saturated heterocycles. The molecule has 6 nitrogen and oxygen atoms in total. The fourth-order valence-electron chi connectivity index (χ4n) is 1.76. The van der Waals surface area contributed by atoms with Gasteiger partial charge in [-0.3, -0.25) is 14.9 Å². The lowest BCUT2D eigenvalue weighted by molar-refractivity contribution is -0.384. The van der Waals surface area contributed by atoms with Crippen LogP contribution >= 0.6 is 34.8 Å². The Kier molecular flexibility index (Phi) is 5.88. The largest absolute Gasteiger partial charge is 0.479 e. The Morgan fingerprint density at radius 1 is 1.17 bits per heavy atom. The van der Waals surface area contributed by atoms with E-state index in [2.05, 4.69) is 5.32 Å². The average Bonchev–Trinajstić information content (AvgIpc) is 2.52. The molecule has 24 heavy (non-hydrogen) atoms. The molecule has 0 aliphatic rings. The number of halogens is 3. The zero-order valence-electron chi connectivity index (χ0n) is 12.3. The first kappa shape index (κ1) is 18.3. The summed E-state index contributed by atoms with van der Waals surface area (Å²) in [6.45, 7) is 1.52. The summed E-state index contributed by atoms with van der Waals surface area (Å²) < 4.78 is 5.48. The molecule has 0 aliphatic carbocycles. The maximum atomic E-state index is 12.2. The number of non-ortho nitro benzene ring substituents is 1. The molecule has 2 aromatic rings. The predicted octanol–water partition coefficient (Wildman–Crippen LogP) is 4.96. The number of anilines is 1. The summed E-state index contributed by atoms with van der Waals surface area (Å²) in [5.41, 5.74) is 0.0629. The minimum atomic E-state index is -0.896. The zero-order chi connectivity index (χ0) is 17.9. The molecule has 0 heterocycles. The second kappa shape index (κ2) is 7.70. The standard InChI is InChI=1S/C15H11Cl3N2O4/c1-8(24-14-6-9(16)2-4-11(14)17)15(21)19-13-5-3-10(20(22)23)7-12(13)18/h2-8H,1H3,(H,19,21). The number of benzene rings is 2. The number of hydrogen-bond donors (Lipinski definition) is 1. The highest BCUT2D eigenvalue weighted by atomic mass is 35.5. The summed E-state index contributed by atoms with van der Waals surface area (Å²) >= 11 is 17.8. The van der Waals surface area contributed by atoms with Crippen LogP contribution in [0.4, 0.5) is 11.4 Å². The van der Waals surface area contributed by atoms with Gasteiger partial charge in [0.15, 0.2) is 6.10 Å². The summed E-state index contributed by atoms with van der Waals surface area (Å²) in [5, 5.41) is 14.0. The van der Waals surface area contributed by atoms with Gasteiger partial charge in [0, 0.05) is 23.2 Å². The number of nitrogens with zero attached hydrogens (tertiary/aromatic N) is 1. The molecule has 1 unspecified atom stereocenters. The molecule has 1 atom stereocenters. The minimum Gasteiger partial charge on any atom is -0.479 e. The van der Waals surface area contributed by atoms with Gasteiger partial charge in [0.2, 0.25) is 0 Å². The first-order valence-corrected chi connectivity index (χ1v) is 7.78. The fraction of sp³-hybridized carbons (Fsp3) is 0.133. The number of nitro benzene ring substituents is 1. The monoisotopic (exact) mass is 388 g/mol. The molecular formula is C15H11Cl3N2O4. The summed E-state index contributed by atoms with van der Waals surface area (Å²) in [6.07, 6.45) is -0.896. The van der Waals surface area contributed by atoms with Crippen LogP contribution < -0.4 is 10.1 Å². The Bertz CT molecular complexity index is 798. The van der Waals surface area contributed by atoms with Gasteiger partial charge in [-0.15, -0.1) is 0 Å². The van der Waals surface area contributed by atoms with Crippen molar-refractivity contribution in [3.8, 4) is 5.75 Å². The van der Waals surface area contributed by atoms with Crippen LogP contribution in [0.5, 0.6) is 5.75 Å². The number of nitro groups is 1. The number of carbonyl (C=O) groups is 1. The second-order valence-corrected chi connectivity index (χ2v) is 6.00. The smallest absolute Gasteiger partial charge is 0.271 e. The molecule has 0 fully saturated rings. The van der Waals surface area contributed by atoms with Crippen LogP contribution in [0.1, 0.15) is 6.92 Å². The van der Waals surface area contributed by atoms with E-state index in [1.54, 1.807) is 12.1 Å². The highest BCUT2D eigenvalue weighted by Gasteiger charge is 2.18. The van der Waals surface area contributed by atoms with Gasteiger partial charge in [-0.1, -0.05) is 34.8 Å². The number of amides is 1. The van der Waals surface area contributed by atoms with Crippen molar-refractivity contribution >= 4 is 52.1 Å². The minimum absolute atomic E-state index is 0.0468. The molecule has 2 rings (SSSR count). The summed E-state index contributed by atoms with van der Waals surface area (Å²) in [4.78, 5) is 22.3. The van der Waals surface area contributed by atoms with Crippen molar-refractivity contribution in [3.63, 3.8) is 0 Å². The van der Waals surface area contributed by atoms with Crippen molar-refractivity contribution in [2.24, 2.45) is 0 Å². The first-order chi connectivity index (χ1) is 11.3. The van der Waals surface area contributed by atoms with Gasteiger partial charge in [0.05, 0.1) is 20.7 Å². The Hall–Kier alpha value is -2.02. The molecule has 0 spiro atoms. The third-order valence-electron chi connectivity index (χ3n) is 2.99. The first-order valence-electron chi connectivity index (χ1n) is 6.64. The highest BCUT2D eigenvalue weighted by molar-refractivity contribution is 6.34. The quantitative estimate of drug-likeness (QED) is 0.579. The summed E-state index contributed by atoms with van der Waals surface area (Å²) in [5.74, 6) is -0.233. The lowest BCUT2D eigenvalue weighted by Crippen LogP contribution is -2.30. The fourth-order valence-corrected chi connectivity index (χ4v) is 2.31. The number of carbonyl (C=O) groups excluding carboxylic acids is 1. The normalized spacial score (nSPS) is 11.7. The zero-order valence-corrected chi connectivity index (χ0v) is 14.5. The molecule has 1 amide bonds. The van der Waals surface area contributed by atoms with E-state index in [0.29, 0.717) is 10.0 Å². The average molecular weight is 390 g/mol. The summed E-state index contributed by atoms with van der Waals surface area (Å²) in [7, 11) is 0. The molecule has 2 aromatic carbocycles. The van der Waals surface area contributed by atoms with E-state index < -0.39 is 16.9 Å².